The minimum absolute atomic E-state index is 0.256. The molecule has 1 aliphatic rings. The first-order valence-corrected chi connectivity index (χ1v) is 11.8. The molecule has 0 spiro atoms. The number of benzene rings is 1. The number of aromatic amines is 1. The molecule has 8 heteroatoms. The molecule has 0 amide bonds. The number of nitrogens with zero attached hydrogens (tertiary/aromatic N) is 1. The van der Waals surface area contributed by atoms with Gasteiger partial charge < -0.3 is 15.0 Å². The smallest absolute Gasteiger partial charge is 0.337 e. The predicted octanol–water partition coefficient (Wildman–Crippen LogP) is 4.91. The van der Waals surface area contributed by atoms with Gasteiger partial charge in [0.15, 0.2) is 5.16 Å². The Morgan fingerprint density at radius 1 is 1.23 bits per heavy atom. The average molecular weight is 454 g/mol. The number of ether oxygens (including phenoxy) is 1. The van der Waals surface area contributed by atoms with Crippen LogP contribution in [0.5, 0.6) is 0 Å². The summed E-state index contributed by atoms with van der Waals surface area (Å²) in [7, 11) is 0. The highest BCUT2D eigenvalue weighted by atomic mass is 32.2. The maximum absolute atomic E-state index is 13.2. The Morgan fingerprint density at radius 3 is 2.68 bits per heavy atom. The van der Waals surface area contributed by atoms with Gasteiger partial charge in [0.1, 0.15) is 5.82 Å². The number of nitrogens with one attached hydrogen (secondary N) is 2. The molecule has 3 aromatic rings. The molecule has 0 saturated carbocycles. The van der Waals surface area contributed by atoms with Crippen molar-refractivity contribution in [2.75, 3.05) is 5.32 Å². The number of thiophene rings is 1. The van der Waals surface area contributed by atoms with Crippen molar-refractivity contribution in [2.45, 2.75) is 43.7 Å². The normalized spacial score (nSPS) is 15.5. The number of anilines is 1. The zero-order chi connectivity index (χ0) is 22.0. The van der Waals surface area contributed by atoms with E-state index in [-0.39, 0.29) is 11.7 Å². The Labute approximate surface area is 188 Å². The van der Waals surface area contributed by atoms with E-state index in [1.54, 1.807) is 0 Å². The molecule has 2 aromatic heterocycles. The third kappa shape index (κ3) is 4.60. The molecule has 4 rings (SSSR count). The molecule has 1 unspecified atom stereocenters. The molecule has 0 radical (unpaired) electrons. The van der Waals surface area contributed by atoms with E-state index in [0.29, 0.717) is 33.6 Å². The van der Waals surface area contributed by atoms with Crippen molar-refractivity contribution in [1.82, 2.24) is 9.97 Å². The summed E-state index contributed by atoms with van der Waals surface area (Å²) in [4.78, 5) is 34.6. The van der Waals surface area contributed by atoms with E-state index in [1.165, 1.54) is 23.1 Å². The van der Waals surface area contributed by atoms with Crippen LogP contribution in [0.25, 0.3) is 0 Å². The van der Waals surface area contributed by atoms with Gasteiger partial charge in [0.25, 0.3) is 5.56 Å². The maximum atomic E-state index is 13.2. The molecule has 2 N–H and O–H groups in total. The van der Waals surface area contributed by atoms with Gasteiger partial charge in [-0.15, -0.1) is 11.3 Å². The lowest BCUT2D eigenvalue weighted by Gasteiger charge is -2.28. The van der Waals surface area contributed by atoms with Gasteiger partial charge in [0.2, 0.25) is 0 Å². The van der Waals surface area contributed by atoms with Gasteiger partial charge in [0.05, 0.1) is 23.2 Å². The summed E-state index contributed by atoms with van der Waals surface area (Å²) < 4.78 is 5.49. The zero-order valence-corrected chi connectivity index (χ0v) is 19.1. The number of aromatic nitrogens is 2. The Kier molecular flexibility index (Phi) is 6.29. The van der Waals surface area contributed by atoms with E-state index >= 15 is 0 Å². The molecule has 0 fully saturated rings. The van der Waals surface area contributed by atoms with Crippen molar-refractivity contribution >= 4 is 34.9 Å². The summed E-state index contributed by atoms with van der Waals surface area (Å²) in [5.41, 5.74) is 2.42. The summed E-state index contributed by atoms with van der Waals surface area (Å²) in [5, 5.41) is 5.64. The van der Waals surface area contributed by atoms with Crippen LogP contribution in [0.4, 0.5) is 5.82 Å². The van der Waals surface area contributed by atoms with Crippen LogP contribution >= 0.6 is 23.1 Å². The Bertz CT molecular complexity index is 1170. The number of rotatable bonds is 6. The van der Waals surface area contributed by atoms with Gasteiger partial charge in [-0.25, -0.2) is 9.78 Å². The first kappa shape index (κ1) is 21.4. The van der Waals surface area contributed by atoms with Gasteiger partial charge in [-0.2, -0.15) is 0 Å². The van der Waals surface area contributed by atoms with E-state index in [1.807, 2.05) is 68.6 Å². The van der Waals surface area contributed by atoms with Crippen LogP contribution in [-0.4, -0.2) is 22.0 Å². The number of H-pyrrole nitrogens is 1. The van der Waals surface area contributed by atoms with Crippen molar-refractivity contribution in [2.24, 2.45) is 0 Å². The fourth-order valence-electron chi connectivity index (χ4n) is 3.51. The van der Waals surface area contributed by atoms with Gasteiger partial charge >= 0.3 is 5.97 Å². The number of carbonyl (C=O) groups is 1. The number of hydrogen-bond donors (Lipinski definition) is 2. The number of hydrogen-bond acceptors (Lipinski definition) is 7. The van der Waals surface area contributed by atoms with Crippen molar-refractivity contribution in [1.29, 1.82) is 0 Å². The molecule has 6 nitrogen and oxygen atoms in total. The molecule has 1 aliphatic heterocycles. The van der Waals surface area contributed by atoms with Crippen molar-refractivity contribution < 1.29 is 9.53 Å². The Hall–Kier alpha value is -2.84. The number of carbonyl (C=O) groups excluding carboxylic acids is 1. The second-order valence-electron chi connectivity index (χ2n) is 7.47. The van der Waals surface area contributed by atoms with Crippen molar-refractivity contribution in [3.05, 3.63) is 85.5 Å². The number of fused-ring (bicyclic) bond motifs is 1. The summed E-state index contributed by atoms with van der Waals surface area (Å²) in [6, 6.07) is 13.9. The summed E-state index contributed by atoms with van der Waals surface area (Å²) >= 11 is 2.96. The lowest BCUT2D eigenvalue weighted by atomic mass is 9.86. The van der Waals surface area contributed by atoms with Crippen LogP contribution in [0.2, 0.25) is 0 Å². The van der Waals surface area contributed by atoms with Crippen LogP contribution in [0.1, 0.15) is 42.7 Å². The SMILES string of the molecule is CC1=C(C(=O)OC(C)C)C(c2cccs2)c2c(nc(SCc3ccccc3)[nH]c2=O)N1. The molecule has 0 aliphatic carbocycles. The van der Waals surface area contributed by atoms with E-state index in [0.717, 1.165) is 10.4 Å². The standard InChI is InChI=1S/C23H23N3O3S2/c1-13(2)29-22(28)17-14(3)24-20-19(18(17)16-10-7-11-30-16)21(27)26-23(25-20)31-12-15-8-5-4-6-9-15/h4-11,13,18H,12H2,1-3H3,(H2,24,25,26,27). The first-order valence-electron chi connectivity index (χ1n) is 9.97. The van der Waals surface area contributed by atoms with Crippen molar-refractivity contribution in [3.8, 4) is 0 Å². The monoisotopic (exact) mass is 453 g/mol. The fraction of sp³-hybridized carbons (Fsp3) is 0.261. The van der Waals surface area contributed by atoms with E-state index in [2.05, 4.69) is 15.3 Å². The number of esters is 1. The topological polar surface area (TPSA) is 84.1 Å². The molecule has 3 heterocycles. The maximum Gasteiger partial charge on any atom is 0.337 e. The third-order valence-electron chi connectivity index (χ3n) is 4.83. The Morgan fingerprint density at radius 2 is 2.00 bits per heavy atom. The molecule has 160 valence electrons. The Balaban J connectivity index is 1.73. The minimum Gasteiger partial charge on any atom is -0.460 e. The molecule has 0 saturated heterocycles. The third-order valence-corrected chi connectivity index (χ3v) is 6.71. The second kappa shape index (κ2) is 9.11. The molecular formula is C23H23N3O3S2. The second-order valence-corrected chi connectivity index (χ2v) is 9.42. The summed E-state index contributed by atoms with van der Waals surface area (Å²) in [6.45, 7) is 5.44. The van der Waals surface area contributed by atoms with Crippen molar-refractivity contribution in [3.63, 3.8) is 0 Å². The van der Waals surface area contributed by atoms with Crippen LogP contribution in [-0.2, 0) is 15.3 Å². The van der Waals surface area contributed by atoms with Crippen LogP contribution in [0.3, 0.4) is 0 Å². The van der Waals surface area contributed by atoms with Gasteiger partial charge in [0, 0.05) is 16.3 Å². The quantitative estimate of drug-likeness (QED) is 0.314. The van der Waals surface area contributed by atoms with Gasteiger partial charge in [-0.1, -0.05) is 48.2 Å². The molecule has 31 heavy (non-hydrogen) atoms. The molecule has 1 atom stereocenters. The van der Waals surface area contributed by atoms with E-state index < -0.39 is 11.9 Å². The van der Waals surface area contributed by atoms with Gasteiger partial charge in [-0.05, 0) is 37.8 Å². The number of thioether (sulfide) groups is 1. The minimum atomic E-state index is -0.521. The summed E-state index contributed by atoms with van der Waals surface area (Å²) in [5.74, 6) is 0.228. The molecule has 1 aromatic carbocycles. The highest BCUT2D eigenvalue weighted by Crippen LogP contribution is 2.41. The predicted molar refractivity (Wildman–Crippen MR) is 125 cm³/mol. The van der Waals surface area contributed by atoms with Crippen LogP contribution in [0.15, 0.2) is 69.1 Å². The zero-order valence-electron chi connectivity index (χ0n) is 17.5. The number of allylic oxidation sites excluding steroid dienone is 1. The van der Waals surface area contributed by atoms with E-state index in [4.69, 9.17) is 4.74 Å². The van der Waals surface area contributed by atoms with Crippen LogP contribution < -0.4 is 10.9 Å². The van der Waals surface area contributed by atoms with Gasteiger partial charge in [-0.3, -0.25) is 4.79 Å². The fourth-order valence-corrected chi connectivity index (χ4v) is 5.17. The van der Waals surface area contributed by atoms with Crippen LogP contribution in [0, 0.1) is 0 Å². The summed E-state index contributed by atoms with van der Waals surface area (Å²) in [6.07, 6.45) is -0.258. The molecular weight excluding hydrogens is 430 g/mol. The largest absolute Gasteiger partial charge is 0.460 e. The lowest BCUT2D eigenvalue weighted by molar-refractivity contribution is -0.142. The first-order chi connectivity index (χ1) is 14.9. The van der Waals surface area contributed by atoms with E-state index in [9.17, 15) is 9.59 Å². The lowest BCUT2D eigenvalue weighted by Crippen LogP contribution is -2.31. The molecule has 0 bridgehead atoms. The highest BCUT2D eigenvalue weighted by molar-refractivity contribution is 7.98. The highest BCUT2D eigenvalue weighted by Gasteiger charge is 2.37. The average Bonchev–Trinajstić information content (AvgIpc) is 3.26.